The largest absolute Gasteiger partial charge is 0.356 e. The molecule has 4 rings (SSSR count). The Morgan fingerprint density at radius 3 is 2.10 bits per heavy atom. The third-order valence-electron chi connectivity index (χ3n) is 4.98. The average Bonchev–Trinajstić information content (AvgIpc) is 3.29. The summed E-state index contributed by atoms with van der Waals surface area (Å²) >= 11 is 0. The maximum absolute atomic E-state index is 4.91. The summed E-state index contributed by atoms with van der Waals surface area (Å²) in [6, 6.07) is 2.24. The van der Waals surface area contributed by atoms with Gasteiger partial charge in [-0.15, -0.1) is 0 Å². The third kappa shape index (κ3) is 2.85. The van der Waals surface area contributed by atoms with Crippen molar-refractivity contribution < 1.29 is 0 Å². The molecule has 0 N–H and O–H groups in total. The summed E-state index contributed by atoms with van der Waals surface area (Å²) in [5.74, 6) is 4.90. The molecular weight excluding hydrogens is 260 g/mol. The quantitative estimate of drug-likeness (QED) is 0.854. The number of hydrogen-bond acceptors (Lipinski definition) is 4. The van der Waals surface area contributed by atoms with Crippen molar-refractivity contribution in [3.8, 4) is 0 Å². The maximum atomic E-state index is 4.91. The van der Waals surface area contributed by atoms with Gasteiger partial charge in [0.25, 0.3) is 0 Å². The van der Waals surface area contributed by atoms with Gasteiger partial charge in [-0.1, -0.05) is 19.8 Å². The van der Waals surface area contributed by atoms with Crippen LogP contribution < -0.4 is 9.80 Å². The van der Waals surface area contributed by atoms with Crippen LogP contribution >= 0.6 is 0 Å². The average molecular weight is 286 g/mol. The van der Waals surface area contributed by atoms with Crippen molar-refractivity contribution in [3.63, 3.8) is 0 Å². The predicted molar refractivity (Wildman–Crippen MR) is 86.1 cm³/mol. The molecule has 0 atom stereocenters. The van der Waals surface area contributed by atoms with Gasteiger partial charge in [0.05, 0.1) is 0 Å². The molecule has 1 aliphatic carbocycles. The minimum atomic E-state index is 0.634. The molecule has 0 bridgehead atoms. The first-order valence-electron chi connectivity index (χ1n) is 8.68. The molecule has 21 heavy (non-hydrogen) atoms. The molecule has 0 amide bonds. The molecule has 1 aromatic heterocycles. The van der Waals surface area contributed by atoms with Gasteiger partial charge < -0.3 is 9.80 Å². The van der Waals surface area contributed by atoms with Crippen molar-refractivity contribution in [2.45, 2.75) is 51.4 Å². The van der Waals surface area contributed by atoms with Gasteiger partial charge in [-0.2, -0.15) is 0 Å². The number of hydrogen-bond donors (Lipinski definition) is 0. The van der Waals surface area contributed by atoms with Crippen LogP contribution in [0.15, 0.2) is 6.07 Å². The predicted octanol–water partition coefficient (Wildman–Crippen LogP) is 3.19. The van der Waals surface area contributed by atoms with Crippen LogP contribution in [0, 0.1) is 5.92 Å². The van der Waals surface area contributed by atoms with Crippen LogP contribution in [0.5, 0.6) is 0 Å². The molecule has 2 aliphatic heterocycles. The summed E-state index contributed by atoms with van der Waals surface area (Å²) in [5, 5.41) is 0. The monoisotopic (exact) mass is 286 g/mol. The topological polar surface area (TPSA) is 32.3 Å². The number of rotatable bonds is 3. The Bertz CT molecular complexity index is 498. The van der Waals surface area contributed by atoms with Crippen molar-refractivity contribution in [2.24, 2.45) is 5.92 Å². The molecule has 0 unspecified atom stereocenters. The van der Waals surface area contributed by atoms with E-state index in [2.05, 4.69) is 22.8 Å². The summed E-state index contributed by atoms with van der Waals surface area (Å²) in [7, 11) is 0. The van der Waals surface area contributed by atoms with Gasteiger partial charge in [0.15, 0.2) is 0 Å². The van der Waals surface area contributed by atoms with Crippen molar-refractivity contribution >= 4 is 11.6 Å². The lowest BCUT2D eigenvalue weighted by Gasteiger charge is -2.38. The van der Waals surface area contributed by atoms with E-state index in [1.165, 1.54) is 50.2 Å². The fourth-order valence-corrected chi connectivity index (χ4v) is 3.47. The molecule has 4 nitrogen and oxygen atoms in total. The van der Waals surface area contributed by atoms with E-state index >= 15 is 0 Å². The highest BCUT2D eigenvalue weighted by Crippen LogP contribution is 2.40. The molecule has 0 aromatic carbocycles. The zero-order valence-electron chi connectivity index (χ0n) is 13.1. The van der Waals surface area contributed by atoms with Crippen LogP contribution in [0.3, 0.4) is 0 Å². The summed E-state index contributed by atoms with van der Waals surface area (Å²) in [6.07, 6.45) is 7.90. The van der Waals surface area contributed by atoms with E-state index in [-0.39, 0.29) is 0 Å². The van der Waals surface area contributed by atoms with Crippen LogP contribution in [0.4, 0.5) is 11.6 Å². The van der Waals surface area contributed by atoms with Gasteiger partial charge in [0, 0.05) is 38.2 Å². The molecule has 3 aliphatic rings. The molecule has 0 spiro atoms. The molecule has 2 saturated heterocycles. The van der Waals surface area contributed by atoms with Gasteiger partial charge in [-0.25, -0.2) is 9.97 Å². The molecule has 4 heteroatoms. The number of anilines is 2. The zero-order chi connectivity index (χ0) is 14.2. The smallest absolute Gasteiger partial charge is 0.136 e. The normalized spacial score (nSPS) is 23.9. The Labute approximate surface area is 127 Å². The van der Waals surface area contributed by atoms with Crippen LogP contribution in [0.1, 0.15) is 57.2 Å². The highest BCUT2D eigenvalue weighted by Gasteiger charge is 2.30. The maximum Gasteiger partial charge on any atom is 0.136 e. The fourth-order valence-electron chi connectivity index (χ4n) is 3.47. The van der Waals surface area contributed by atoms with Crippen LogP contribution in [-0.2, 0) is 0 Å². The molecule has 114 valence electrons. The summed E-state index contributed by atoms with van der Waals surface area (Å²) in [4.78, 5) is 14.7. The SMILES string of the molecule is CC1CN(c2cc(N3CCCCCC3)nc(C3CC3)n2)C1. The van der Waals surface area contributed by atoms with E-state index in [9.17, 15) is 0 Å². The first-order valence-corrected chi connectivity index (χ1v) is 8.68. The van der Waals surface area contributed by atoms with Gasteiger partial charge in [0.1, 0.15) is 17.5 Å². The summed E-state index contributed by atoms with van der Waals surface area (Å²) in [6.45, 7) is 6.95. The van der Waals surface area contributed by atoms with Gasteiger partial charge in [-0.05, 0) is 31.6 Å². The Hall–Kier alpha value is -1.32. The second-order valence-electron chi connectivity index (χ2n) is 7.13. The van der Waals surface area contributed by atoms with Crippen LogP contribution in [-0.4, -0.2) is 36.1 Å². The lowest BCUT2D eigenvalue weighted by molar-refractivity contribution is 0.442. The lowest BCUT2D eigenvalue weighted by atomic mass is 10.0. The van der Waals surface area contributed by atoms with E-state index in [0.29, 0.717) is 5.92 Å². The highest BCUT2D eigenvalue weighted by atomic mass is 15.3. The van der Waals surface area contributed by atoms with E-state index in [0.717, 1.165) is 37.9 Å². The minimum absolute atomic E-state index is 0.634. The van der Waals surface area contributed by atoms with Crippen LogP contribution in [0.2, 0.25) is 0 Å². The van der Waals surface area contributed by atoms with E-state index in [1.54, 1.807) is 0 Å². The fraction of sp³-hybridized carbons (Fsp3) is 0.765. The number of aromatic nitrogens is 2. The standard InChI is InChI=1S/C17H26N4/c1-13-11-21(12-13)16-10-15(18-17(19-16)14-6-7-14)20-8-4-2-3-5-9-20/h10,13-14H,2-9,11-12H2,1H3. The second-order valence-corrected chi connectivity index (χ2v) is 7.13. The summed E-state index contributed by atoms with van der Waals surface area (Å²) < 4.78 is 0. The number of nitrogens with zero attached hydrogens (tertiary/aromatic N) is 4. The van der Waals surface area contributed by atoms with E-state index < -0.39 is 0 Å². The second kappa shape index (κ2) is 5.47. The Morgan fingerprint density at radius 1 is 0.905 bits per heavy atom. The van der Waals surface area contributed by atoms with Crippen LogP contribution in [0.25, 0.3) is 0 Å². The van der Waals surface area contributed by atoms with Gasteiger partial charge in [-0.3, -0.25) is 0 Å². The first kappa shape index (κ1) is 13.4. The third-order valence-corrected chi connectivity index (χ3v) is 4.98. The van der Waals surface area contributed by atoms with Gasteiger partial charge in [0.2, 0.25) is 0 Å². The molecule has 1 aromatic rings. The zero-order valence-corrected chi connectivity index (χ0v) is 13.1. The highest BCUT2D eigenvalue weighted by molar-refractivity contribution is 5.53. The van der Waals surface area contributed by atoms with Crippen molar-refractivity contribution in [1.82, 2.24) is 9.97 Å². The molecular formula is C17H26N4. The molecule has 3 heterocycles. The van der Waals surface area contributed by atoms with Crippen molar-refractivity contribution in [1.29, 1.82) is 0 Å². The van der Waals surface area contributed by atoms with Crippen molar-refractivity contribution in [2.75, 3.05) is 36.0 Å². The van der Waals surface area contributed by atoms with Gasteiger partial charge >= 0.3 is 0 Å². The molecule has 3 fully saturated rings. The minimum Gasteiger partial charge on any atom is -0.356 e. The van der Waals surface area contributed by atoms with Crippen molar-refractivity contribution in [3.05, 3.63) is 11.9 Å². The molecule has 1 saturated carbocycles. The Kier molecular flexibility index (Phi) is 3.48. The molecule has 0 radical (unpaired) electrons. The first-order chi connectivity index (χ1) is 10.3. The van der Waals surface area contributed by atoms with E-state index in [1.807, 2.05) is 0 Å². The lowest BCUT2D eigenvalue weighted by Crippen LogP contribution is -2.45. The Balaban J connectivity index is 1.61. The van der Waals surface area contributed by atoms with E-state index in [4.69, 9.17) is 9.97 Å². The summed E-state index contributed by atoms with van der Waals surface area (Å²) in [5.41, 5.74) is 0. The Morgan fingerprint density at radius 2 is 1.52 bits per heavy atom.